The maximum absolute atomic E-state index is 10.2. The van der Waals surface area contributed by atoms with Crippen molar-refractivity contribution in [2.75, 3.05) is 20.8 Å². The molecular weight excluding hydrogens is 390 g/mol. The summed E-state index contributed by atoms with van der Waals surface area (Å²) in [6.07, 6.45) is 4.67. The predicted octanol–water partition coefficient (Wildman–Crippen LogP) is 4.43. The van der Waals surface area contributed by atoms with Gasteiger partial charge in [-0.15, -0.1) is 0 Å². The summed E-state index contributed by atoms with van der Waals surface area (Å²) in [5.41, 5.74) is 5.81. The molecule has 5 rings (SSSR count). The van der Waals surface area contributed by atoms with Gasteiger partial charge in [-0.2, -0.15) is 0 Å². The lowest BCUT2D eigenvalue weighted by Crippen LogP contribution is -2.35. The number of nitrogens with one attached hydrogen (secondary N) is 1. The van der Waals surface area contributed by atoms with Crippen LogP contribution in [0.5, 0.6) is 17.2 Å². The summed E-state index contributed by atoms with van der Waals surface area (Å²) < 4.78 is 10.6. The van der Waals surface area contributed by atoms with Crippen LogP contribution in [0.4, 0.5) is 0 Å². The first kappa shape index (κ1) is 19.5. The van der Waals surface area contributed by atoms with Crippen LogP contribution in [-0.4, -0.2) is 40.7 Å². The minimum atomic E-state index is 0.0417. The number of hydrogen-bond donors (Lipinski definition) is 2. The van der Waals surface area contributed by atoms with Gasteiger partial charge in [0.15, 0.2) is 11.5 Å². The molecule has 0 unspecified atom stereocenters. The summed E-state index contributed by atoms with van der Waals surface area (Å²) in [4.78, 5) is 10.5. The molecule has 1 aliphatic heterocycles. The number of pyridine rings is 1. The largest absolute Gasteiger partial charge is 0.504 e. The molecule has 2 aromatic carbocycles. The average Bonchev–Trinajstić information content (AvgIpc) is 3.17. The van der Waals surface area contributed by atoms with Crippen molar-refractivity contribution in [2.45, 2.75) is 19.0 Å². The average molecular weight is 415 g/mol. The van der Waals surface area contributed by atoms with Crippen molar-refractivity contribution in [1.82, 2.24) is 14.9 Å². The van der Waals surface area contributed by atoms with Crippen molar-refractivity contribution < 1.29 is 14.6 Å². The molecule has 0 saturated carbocycles. The minimum absolute atomic E-state index is 0.0417. The van der Waals surface area contributed by atoms with Gasteiger partial charge in [0.05, 0.1) is 20.3 Å². The molecule has 0 amide bonds. The van der Waals surface area contributed by atoms with Crippen LogP contribution in [0.1, 0.15) is 28.4 Å². The van der Waals surface area contributed by atoms with Gasteiger partial charge in [0.2, 0.25) is 0 Å². The van der Waals surface area contributed by atoms with Crippen LogP contribution in [0, 0.1) is 0 Å². The molecular formula is C25H25N3O3. The molecule has 6 heteroatoms. The van der Waals surface area contributed by atoms with Crippen LogP contribution < -0.4 is 9.47 Å². The van der Waals surface area contributed by atoms with Crippen LogP contribution in [0.3, 0.4) is 0 Å². The number of hydrogen-bond acceptors (Lipinski definition) is 5. The number of phenols is 1. The highest BCUT2D eigenvalue weighted by Gasteiger charge is 2.32. The number of rotatable bonds is 5. The zero-order valence-electron chi connectivity index (χ0n) is 17.6. The van der Waals surface area contributed by atoms with Crippen molar-refractivity contribution in [3.63, 3.8) is 0 Å². The number of fused-ring (bicyclic) bond motifs is 3. The Morgan fingerprint density at radius 3 is 2.77 bits per heavy atom. The number of nitrogens with zero attached hydrogens (tertiary/aromatic N) is 2. The van der Waals surface area contributed by atoms with Gasteiger partial charge in [-0.25, -0.2) is 0 Å². The highest BCUT2D eigenvalue weighted by Crippen LogP contribution is 2.40. The third-order valence-electron chi connectivity index (χ3n) is 6.06. The van der Waals surface area contributed by atoms with E-state index in [-0.39, 0.29) is 11.8 Å². The van der Waals surface area contributed by atoms with E-state index in [1.165, 1.54) is 16.6 Å². The zero-order chi connectivity index (χ0) is 21.4. The topological polar surface area (TPSA) is 70.6 Å². The van der Waals surface area contributed by atoms with Gasteiger partial charge in [-0.3, -0.25) is 9.88 Å². The van der Waals surface area contributed by atoms with Crippen LogP contribution in [-0.2, 0) is 13.0 Å². The number of ether oxygens (including phenoxy) is 2. The van der Waals surface area contributed by atoms with Crippen LogP contribution in [0.2, 0.25) is 0 Å². The van der Waals surface area contributed by atoms with Crippen molar-refractivity contribution in [2.24, 2.45) is 0 Å². The van der Waals surface area contributed by atoms with Crippen molar-refractivity contribution in [3.8, 4) is 17.2 Å². The highest BCUT2D eigenvalue weighted by molar-refractivity contribution is 5.86. The third kappa shape index (κ3) is 3.49. The number of aromatic nitrogens is 2. The molecule has 0 radical (unpaired) electrons. The lowest BCUT2D eigenvalue weighted by atomic mass is 9.92. The van der Waals surface area contributed by atoms with E-state index < -0.39 is 0 Å². The molecule has 0 bridgehead atoms. The monoisotopic (exact) mass is 415 g/mol. The maximum Gasteiger partial charge on any atom is 0.160 e. The number of aromatic hydroxyl groups is 1. The molecule has 1 atom stereocenters. The molecule has 31 heavy (non-hydrogen) atoms. The molecule has 0 saturated heterocycles. The minimum Gasteiger partial charge on any atom is -0.504 e. The van der Waals surface area contributed by atoms with E-state index in [9.17, 15) is 5.11 Å². The van der Waals surface area contributed by atoms with E-state index >= 15 is 0 Å². The number of methoxy groups -OCH3 is 2. The Labute approximate surface area is 181 Å². The van der Waals surface area contributed by atoms with E-state index in [1.807, 2.05) is 30.5 Å². The van der Waals surface area contributed by atoms with Gasteiger partial charge in [-0.05, 0) is 59.5 Å². The standard InChI is InChI=1S/C25H25N3O3/c1-30-18-6-7-21-20(13-18)19-9-11-28(15-16-5-8-23(31-2)22(29)12-16)25(24(19)27-21)17-4-3-10-26-14-17/h3-8,10,12-14,25,27,29H,9,11,15H2,1-2H3/t25-/m0/s1. The summed E-state index contributed by atoms with van der Waals surface area (Å²) in [6.45, 7) is 1.60. The van der Waals surface area contributed by atoms with Crippen LogP contribution >= 0.6 is 0 Å². The first-order valence-electron chi connectivity index (χ1n) is 10.4. The predicted molar refractivity (Wildman–Crippen MR) is 120 cm³/mol. The summed E-state index contributed by atoms with van der Waals surface area (Å²) in [5.74, 6) is 1.51. The number of phenolic OH excluding ortho intramolecular Hbond substituents is 1. The molecule has 0 spiro atoms. The smallest absolute Gasteiger partial charge is 0.160 e. The number of benzene rings is 2. The van der Waals surface area contributed by atoms with Gasteiger partial charge in [-0.1, -0.05) is 12.1 Å². The fourth-order valence-corrected chi connectivity index (χ4v) is 4.60. The zero-order valence-corrected chi connectivity index (χ0v) is 17.6. The normalized spacial score (nSPS) is 16.3. The molecule has 158 valence electrons. The van der Waals surface area contributed by atoms with Gasteiger partial charge in [0.1, 0.15) is 5.75 Å². The molecule has 4 aromatic rings. The van der Waals surface area contributed by atoms with Crippen molar-refractivity contribution >= 4 is 10.9 Å². The summed E-state index contributed by atoms with van der Waals surface area (Å²) >= 11 is 0. The van der Waals surface area contributed by atoms with Crippen molar-refractivity contribution in [1.29, 1.82) is 0 Å². The summed E-state index contributed by atoms with van der Waals surface area (Å²) in [7, 11) is 3.26. The van der Waals surface area contributed by atoms with Crippen molar-refractivity contribution in [3.05, 3.63) is 83.3 Å². The maximum atomic E-state index is 10.2. The van der Waals surface area contributed by atoms with Gasteiger partial charge >= 0.3 is 0 Å². The van der Waals surface area contributed by atoms with E-state index in [0.29, 0.717) is 12.3 Å². The Balaban J connectivity index is 1.58. The Morgan fingerprint density at radius 1 is 1.13 bits per heavy atom. The van der Waals surface area contributed by atoms with E-state index in [4.69, 9.17) is 9.47 Å². The van der Waals surface area contributed by atoms with Gasteiger partial charge < -0.3 is 19.6 Å². The summed E-state index contributed by atoms with van der Waals surface area (Å²) in [5, 5.41) is 11.4. The molecule has 2 aromatic heterocycles. The second-order valence-corrected chi connectivity index (χ2v) is 7.84. The van der Waals surface area contributed by atoms with E-state index in [1.54, 1.807) is 26.5 Å². The Kier molecular flexibility index (Phi) is 5.00. The molecule has 3 heterocycles. The highest BCUT2D eigenvalue weighted by atomic mass is 16.5. The van der Waals surface area contributed by atoms with E-state index in [2.05, 4.69) is 33.1 Å². The molecule has 0 aliphatic carbocycles. The quantitative estimate of drug-likeness (QED) is 0.505. The molecule has 0 fully saturated rings. The Bertz CT molecular complexity index is 1220. The molecule has 1 aliphatic rings. The fraction of sp³-hybridized carbons (Fsp3) is 0.240. The summed E-state index contributed by atoms with van der Waals surface area (Å²) in [6, 6.07) is 15.9. The number of aromatic amines is 1. The third-order valence-corrected chi connectivity index (χ3v) is 6.06. The Hall–Kier alpha value is -3.51. The van der Waals surface area contributed by atoms with Gasteiger partial charge in [0, 0.05) is 42.1 Å². The lowest BCUT2D eigenvalue weighted by molar-refractivity contribution is 0.201. The number of H-pyrrole nitrogens is 1. The fourth-order valence-electron chi connectivity index (χ4n) is 4.60. The lowest BCUT2D eigenvalue weighted by Gasteiger charge is -2.36. The Morgan fingerprint density at radius 2 is 2.03 bits per heavy atom. The SMILES string of the molecule is COc1ccc2[nH]c3c(c2c1)CCN(Cc1ccc(OC)c(O)c1)[C@H]3c1cccnc1. The molecule has 6 nitrogen and oxygen atoms in total. The second kappa shape index (κ2) is 7.96. The van der Waals surface area contributed by atoms with E-state index in [0.717, 1.165) is 35.4 Å². The van der Waals surface area contributed by atoms with Gasteiger partial charge in [0.25, 0.3) is 0 Å². The van der Waals surface area contributed by atoms with Crippen LogP contribution in [0.25, 0.3) is 10.9 Å². The first-order chi connectivity index (χ1) is 15.2. The first-order valence-corrected chi connectivity index (χ1v) is 10.4. The molecule has 2 N–H and O–H groups in total. The van der Waals surface area contributed by atoms with Crippen LogP contribution in [0.15, 0.2) is 60.9 Å². The second-order valence-electron chi connectivity index (χ2n) is 7.84.